The van der Waals surface area contributed by atoms with Crippen LogP contribution >= 0.6 is 11.6 Å². The maximum absolute atomic E-state index is 5.67. The fraction of sp³-hybridized carbons (Fsp3) is 0.429. The van der Waals surface area contributed by atoms with Crippen LogP contribution in [0.25, 0.3) is 0 Å². The first-order chi connectivity index (χ1) is 9.85. The summed E-state index contributed by atoms with van der Waals surface area (Å²) < 4.78 is 5.48. The molecule has 1 aromatic heterocycles. The van der Waals surface area contributed by atoms with Gasteiger partial charge < -0.3 is 9.32 Å². The summed E-state index contributed by atoms with van der Waals surface area (Å²) >= 11 is 5.67. The van der Waals surface area contributed by atoms with Crippen LogP contribution in [0.3, 0.4) is 0 Å². The van der Waals surface area contributed by atoms with Crippen molar-refractivity contribution in [1.29, 1.82) is 0 Å². The van der Waals surface area contributed by atoms with Gasteiger partial charge in [-0.05, 0) is 5.56 Å². The summed E-state index contributed by atoms with van der Waals surface area (Å²) in [6.07, 6.45) is 0. The molecule has 1 aromatic carbocycles. The lowest BCUT2D eigenvalue weighted by atomic mass is 10.2. The zero-order valence-corrected chi connectivity index (χ0v) is 12.0. The van der Waals surface area contributed by atoms with E-state index in [4.69, 9.17) is 16.0 Å². The molecule has 0 atom stereocenters. The van der Waals surface area contributed by atoms with E-state index in [0.717, 1.165) is 32.7 Å². The van der Waals surface area contributed by atoms with Crippen LogP contribution in [0.2, 0.25) is 0 Å². The molecule has 1 aliphatic rings. The van der Waals surface area contributed by atoms with Crippen molar-refractivity contribution < 1.29 is 4.42 Å². The van der Waals surface area contributed by atoms with Crippen molar-refractivity contribution in [2.75, 3.05) is 31.1 Å². The van der Waals surface area contributed by atoms with Crippen LogP contribution in [0.4, 0.5) is 6.01 Å². The molecule has 0 saturated carbocycles. The predicted molar refractivity (Wildman–Crippen MR) is 77.8 cm³/mol. The third kappa shape index (κ3) is 3.11. The quantitative estimate of drug-likeness (QED) is 0.808. The Kier molecular flexibility index (Phi) is 4.18. The minimum absolute atomic E-state index is 0.265. The van der Waals surface area contributed by atoms with Crippen LogP contribution < -0.4 is 4.90 Å². The van der Waals surface area contributed by atoms with E-state index in [1.165, 1.54) is 5.56 Å². The molecular formula is C14H17ClN4O. The van der Waals surface area contributed by atoms with Gasteiger partial charge in [0.25, 0.3) is 0 Å². The van der Waals surface area contributed by atoms with Crippen LogP contribution in [-0.2, 0) is 12.4 Å². The topological polar surface area (TPSA) is 45.4 Å². The molecule has 0 unspecified atom stereocenters. The molecule has 20 heavy (non-hydrogen) atoms. The second kappa shape index (κ2) is 6.24. The highest BCUT2D eigenvalue weighted by Crippen LogP contribution is 2.16. The van der Waals surface area contributed by atoms with E-state index in [1.807, 2.05) is 6.07 Å². The van der Waals surface area contributed by atoms with E-state index in [1.54, 1.807) is 0 Å². The van der Waals surface area contributed by atoms with E-state index in [0.29, 0.717) is 11.9 Å². The summed E-state index contributed by atoms with van der Waals surface area (Å²) in [6.45, 7) is 4.78. The molecule has 2 aromatic rings. The highest BCUT2D eigenvalue weighted by molar-refractivity contribution is 6.16. The summed E-state index contributed by atoms with van der Waals surface area (Å²) in [5.74, 6) is 0.745. The normalized spacial score (nSPS) is 16.6. The molecule has 3 rings (SSSR count). The number of anilines is 1. The van der Waals surface area contributed by atoms with Crippen LogP contribution in [0, 0.1) is 0 Å². The molecule has 0 bridgehead atoms. The standard InChI is InChI=1S/C14H17ClN4O/c15-10-13-16-17-14(20-13)19-8-6-18(7-9-19)11-12-4-2-1-3-5-12/h1-5H,6-11H2. The first kappa shape index (κ1) is 13.4. The Hall–Kier alpha value is -1.59. The number of rotatable bonds is 4. The maximum Gasteiger partial charge on any atom is 0.318 e. The molecule has 6 heteroatoms. The molecule has 2 heterocycles. The minimum Gasteiger partial charge on any atom is -0.407 e. The smallest absolute Gasteiger partial charge is 0.318 e. The predicted octanol–water partition coefficient (Wildman–Crippen LogP) is 2.13. The number of alkyl halides is 1. The van der Waals surface area contributed by atoms with Crippen molar-refractivity contribution in [3.63, 3.8) is 0 Å². The monoisotopic (exact) mass is 292 g/mol. The Balaban J connectivity index is 1.54. The van der Waals surface area contributed by atoms with Gasteiger partial charge in [-0.1, -0.05) is 35.4 Å². The second-order valence-electron chi connectivity index (χ2n) is 4.86. The van der Waals surface area contributed by atoms with E-state index in [-0.39, 0.29) is 5.88 Å². The van der Waals surface area contributed by atoms with E-state index >= 15 is 0 Å². The largest absolute Gasteiger partial charge is 0.407 e. The molecule has 1 aliphatic heterocycles. The third-order valence-corrected chi connectivity index (χ3v) is 3.69. The lowest BCUT2D eigenvalue weighted by Crippen LogP contribution is -2.46. The van der Waals surface area contributed by atoms with Gasteiger partial charge in [0.15, 0.2) is 0 Å². The highest BCUT2D eigenvalue weighted by atomic mass is 35.5. The molecule has 1 saturated heterocycles. The van der Waals surface area contributed by atoms with Gasteiger partial charge >= 0.3 is 6.01 Å². The van der Waals surface area contributed by atoms with E-state index < -0.39 is 0 Å². The fourth-order valence-corrected chi connectivity index (χ4v) is 2.47. The van der Waals surface area contributed by atoms with Gasteiger partial charge in [0, 0.05) is 32.7 Å². The molecule has 106 valence electrons. The van der Waals surface area contributed by atoms with Crippen molar-refractivity contribution >= 4 is 17.6 Å². The summed E-state index contributed by atoms with van der Waals surface area (Å²) in [5.41, 5.74) is 1.35. The number of hydrogen-bond donors (Lipinski definition) is 0. The van der Waals surface area contributed by atoms with Gasteiger partial charge in [-0.15, -0.1) is 16.7 Å². The number of nitrogens with zero attached hydrogens (tertiary/aromatic N) is 4. The van der Waals surface area contributed by atoms with Crippen LogP contribution in [0.1, 0.15) is 11.5 Å². The number of halogens is 1. The number of piperazine rings is 1. The first-order valence-corrected chi connectivity index (χ1v) is 7.28. The van der Waals surface area contributed by atoms with Crippen LogP contribution in [-0.4, -0.2) is 41.3 Å². The fourth-order valence-electron chi connectivity index (χ4n) is 2.37. The van der Waals surface area contributed by atoms with Crippen molar-refractivity contribution in [2.45, 2.75) is 12.4 Å². The highest BCUT2D eigenvalue weighted by Gasteiger charge is 2.21. The van der Waals surface area contributed by atoms with Gasteiger partial charge in [-0.3, -0.25) is 4.90 Å². The lowest BCUT2D eigenvalue weighted by Gasteiger charge is -2.33. The van der Waals surface area contributed by atoms with Crippen LogP contribution in [0.5, 0.6) is 0 Å². The van der Waals surface area contributed by atoms with Crippen molar-refractivity contribution in [2.24, 2.45) is 0 Å². The first-order valence-electron chi connectivity index (χ1n) is 6.75. The molecule has 0 aliphatic carbocycles. The van der Waals surface area contributed by atoms with E-state index in [9.17, 15) is 0 Å². The third-order valence-electron chi connectivity index (χ3n) is 3.46. The molecule has 5 nitrogen and oxygen atoms in total. The lowest BCUT2D eigenvalue weighted by molar-refractivity contribution is 0.245. The van der Waals surface area contributed by atoms with Crippen molar-refractivity contribution in [3.8, 4) is 0 Å². The summed E-state index contributed by atoms with van der Waals surface area (Å²) in [6, 6.07) is 11.1. The molecule has 0 N–H and O–H groups in total. The van der Waals surface area contributed by atoms with Crippen LogP contribution in [0.15, 0.2) is 34.7 Å². The Morgan fingerprint density at radius 2 is 1.80 bits per heavy atom. The molecule has 1 fully saturated rings. The van der Waals surface area contributed by atoms with Crippen molar-refractivity contribution in [1.82, 2.24) is 15.1 Å². The average molecular weight is 293 g/mol. The Labute approximate surface area is 123 Å². The zero-order valence-electron chi connectivity index (χ0n) is 11.2. The maximum atomic E-state index is 5.67. The van der Waals surface area contributed by atoms with Gasteiger partial charge in [0.2, 0.25) is 5.89 Å². The van der Waals surface area contributed by atoms with Gasteiger partial charge in [-0.2, -0.15) is 0 Å². The minimum atomic E-state index is 0.265. The summed E-state index contributed by atoms with van der Waals surface area (Å²) in [5, 5.41) is 7.92. The van der Waals surface area contributed by atoms with Gasteiger partial charge in [-0.25, -0.2) is 0 Å². The Morgan fingerprint density at radius 1 is 1.05 bits per heavy atom. The summed E-state index contributed by atoms with van der Waals surface area (Å²) in [4.78, 5) is 4.55. The zero-order chi connectivity index (χ0) is 13.8. The van der Waals surface area contributed by atoms with E-state index in [2.05, 4.69) is 44.3 Å². The Morgan fingerprint density at radius 3 is 2.45 bits per heavy atom. The Bertz CT molecular complexity index is 537. The average Bonchev–Trinajstić information content (AvgIpc) is 2.98. The number of hydrogen-bond acceptors (Lipinski definition) is 5. The SMILES string of the molecule is ClCc1nnc(N2CCN(Cc3ccccc3)CC2)o1. The number of aromatic nitrogens is 2. The van der Waals surface area contributed by atoms with Gasteiger partial charge in [0.05, 0.1) is 0 Å². The van der Waals surface area contributed by atoms with Gasteiger partial charge in [0.1, 0.15) is 5.88 Å². The molecule has 0 spiro atoms. The molecule has 0 amide bonds. The molecule has 0 radical (unpaired) electrons. The second-order valence-corrected chi connectivity index (χ2v) is 5.13. The van der Waals surface area contributed by atoms with Crippen molar-refractivity contribution in [3.05, 3.63) is 41.8 Å². The summed E-state index contributed by atoms with van der Waals surface area (Å²) in [7, 11) is 0. The number of benzene rings is 1. The molecular weight excluding hydrogens is 276 g/mol.